The molecule has 27 heavy (non-hydrogen) atoms. The Morgan fingerprint density at radius 3 is 2.63 bits per heavy atom. The Labute approximate surface area is 163 Å². The Morgan fingerprint density at radius 2 is 2.00 bits per heavy atom. The molecule has 0 bridgehead atoms. The lowest BCUT2D eigenvalue weighted by atomic mass is 9.95. The first kappa shape index (κ1) is 20.6. The van der Waals surface area contributed by atoms with Crippen molar-refractivity contribution in [2.24, 2.45) is 5.41 Å². The minimum absolute atomic E-state index is 0.0938. The molecule has 154 valence electrons. The molecule has 2 N–H and O–H groups in total. The summed E-state index contributed by atoms with van der Waals surface area (Å²) in [7, 11) is 2.10. The maximum Gasteiger partial charge on any atom is 0.239 e. The molecule has 4 atom stereocenters. The Morgan fingerprint density at radius 1 is 1.26 bits per heavy atom. The van der Waals surface area contributed by atoms with Gasteiger partial charge in [0.05, 0.1) is 6.10 Å². The normalized spacial score (nSPS) is 33.1. The van der Waals surface area contributed by atoms with Gasteiger partial charge < -0.3 is 15.3 Å². The van der Waals surface area contributed by atoms with Crippen LogP contribution in [0.15, 0.2) is 0 Å². The van der Waals surface area contributed by atoms with Crippen LogP contribution in [-0.4, -0.2) is 95.6 Å². The van der Waals surface area contributed by atoms with Gasteiger partial charge in [0.25, 0.3) is 0 Å². The summed E-state index contributed by atoms with van der Waals surface area (Å²) >= 11 is 0. The van der Waals surface area contributed by atoms with Crippen LogP contribution in [0.1, 0.15) is 46.5 Å². The summed E-state index contributed by atoms with van der Waals surface area (Å²) in [5, 5.41) is 12.8. The molecule has 0 unspecified atom stereocenters. The minimum Gasteiger partial charge on any atom is -0.391 e. The van der Waals surface area contributed by atoms with E-state index in [1.54, 1.807) is 4.90 Å². The van der Waals surface area contributed by atoms with Crippen LogP contribution in [0.2, 0.25) is 0 Å². The highest BCUT2D eigenvalue weighted by Crippen LogP contribution is 2.30. The molecule has 2 amide bonds. The zero-order chi connectivity index (χ0) is 19.8. The number of aliphatic hydroxyl groups is 1. The Kier molecular flexibility index (Phi) is 6.13. The van der Waals surface area contributed by atoms with Gasteiger partial charge in [0.2, 0.25) is 11.8 Å². The third kappa shape index (κ3) is 4.81. The molecule has 3 heterocycles. The summed E-state index contributed by atoms with van der Waals surface area (Å²) in [6, 6.07) is 0.294. The first-order valence-electron chi connectivity index (χ1n) is 10.4. The summed E-state index contributed by atoms with van der Waals surface area (Å²) in [4.78, 5) is 31.6. The molecule has 0 radical (unpaired) electrons. The van der Waals surface area contributed by atoms with Gasteiger partial charge in [0.1, 0.15) is 6.04 Å². The molecule has 0 aromatic heterocycles. The van der Waals surface area contributed by atoms with E-state index in [1.165, 1.54) is 0 Å². The van der Waals surface area contributed by atoms with Crippen LogP contribution in [0, 0.1) is 5.41 Å². The third-order valence-corrected chi connectivity index (χ3v) is 6.23. The van der Waals surface area contributed by atoms with Gasteiger partial charge in [-0.2, -0.15) is 0 Å². The number of hydrogen-bond donors (Lipinski definition) is 2. The molecule has 3 aliphatic rings. The lowest BCUT2D eigenvalue weighted by molar-refractivity contribution is -0.131. The van der Waals surface area contributed by atoms with Crippen LogP contribution in [0.25, 0.3) is 0 Å². The van der Waals surface area contributed by atoms with E-state index in [1.807, 2.05) is 0 Å². The van der Waals surface area contributed by atoms with Crippen LogP contribution in [-0.2, 0) is 9.59 Å². The molecule has 0 aliphatic carbocycles. The van der Waals surface area contributed by atoms with Crippen LogP contribution in [0.5, 0.6) is 0 Å². The lowest BCUT2D eigenvalue weighted by Gasteiger charge is -2.35. The van der Waals surface area contributed by atoms with Crippen molar-refractivity contribution in [2.75, 3.05) is 39.8 Å². The average molecular weight is 381 g/mol. The van der Waals surface area contributed by atoms with Gasteiger partial charge in [-0.25, -0.2) is 0 Å². The number of carbonyl (C=O) groups excluding carboxylic acids is 2. The number of nitrogens with zero attached hydrogens (tertiary/aromatic N) is 3. The van der Waals surface area contributed by atoms with Gasteiger partial charge in [-0.15, -0.1) is 0 Å². The highest BCUT2D eigenvalue weighted by Gasteiger charge is 2.45. The highest BCUT2D eigenvalue weighted by molar-refractivity contribution is 5.83. The number of likely N-dealkylation sites (N-methyl/N-ethyl adjacent to an activating group) is 1. The second-order valence-electron chi connectivity index (χ2n) is 9.72. The van der Waals surface area contributed by atoms with Gasteiger partial charge in [0.15, 0.2) is 0 Å². The van der Waals surface area contributed by atoms with E-state index < -0.39 is 0 Å². The van der Waals surface area contributed by atoms with Crippen molar-refractivity contribution >= 4 is 11.8 Å². The second-order valence-corrected chi connectivity index (χ2v) is 9.72. The van der Waals surface area contributed by atoms with Crippen molar-refractivity contribution in [1.29, 1.82) is 0 Å². The molecule has 0 saturated carbocycles. The fourth-order valence-corrected chi connectivity index (χ4v) is 4.85. The van der Waals surface area contributed by atoms with E-state index in [0.29, 0.717) is 32.5 Å². The SMILES string of the molecule is CN1[C@@H](CCC(=O)N2CC[C@@H](O)C2)CNC(=O)[C@@H]2[C@H]1CCN2CC(C)(C)C. The molecular weight excluding hydrogens is 344 g/mol. The van der Waals surface area contributed by atoms with Crippen molar-refractivity contribution in [1.82, 2.24) is 20.0 Å². The molecule has 3 rings (SSSR count). The molecule has 3 saturated heterocycles. The Bertz CT molecular complexity index is 562. The van der Waals surface area contributed by atoms with Crippen LogP contribution < -0.4 is 5.32 Å². The predicted octanol–water partition coefficient (Wildman–Crippen LogP) is 0.279. The van der Waals surface area contributed by atoms with Crippen LogP contribution >= 0.6 is 0 Å². The fourth-order valence-electron chi connectivity index (χ4n) is 4.85. The number of β-amino-alcohol motifs (C(OH)–C–C–N with tert-alkyl or cyclic N) is 1. The van der Waals surface area contributed by atoms with Gasteiger partial charge in [0, 0.05) is 51.2 Å². The maximum atomic E-state index is 12.8. The van der Waals surface area contributed by atoms with E-state index >= 15 is 0 Å². The standard InChI is InChI=1S/C20H36N4O3/c1-20(2,3)13-24-10-8-16-18(24)19(27)21-11-14(22(16)4)5-6-17(26)23-9-7-15(25)12-23/h14-16,18,25H,5-13H2,1-4H3,(H,21,27)/t14-,15+,16+,18-/m0/s1. The molecule has 0 spiro atoms. The summed E-state index contributed by atoms with van der Waals surface area (Å²) in [6.07, 6.45) is 2.51. The first-order valence-corrected chi connectivity index (χ1v) is 10.4. The fraction of sp³-hybridized carbons (Fsp3) is 0.900. The number of carbonyl (C=O) groups is 2. The predicted molar refractivity (Wildman–Crippen MR) is 104 cm³/mol. The molecule has 7 nitrogen and oxygen atoms in total. The van der Waals surface area contributed by atoms with Crippen LogP contribution in [0.4, 0.5) is 0 Å². The molecule has 0 aromatic carbocycles. The van der Waals surface area contributed by atoms with Crippen LogP contribution in [0.3, 0.4) is 0 Å². The topological polar surface area (TPSA) is 76.1 Å². The second kappa shape index (κ2) is 8.05. The first-order chi connectivity index (χ1) is 12.7. The third-order valence-electron chi connectivity index (χ3n) is 6.23. The number of hydrogen-bond acceptors (Lipinski definition) is 5. The van der Waals surface area contributed by atoms with E-state index in [0.717, 1.165) is 25.9 Å². The maximum absolute atomic E-state index is 12.8. The molecular formula is C20H36N4O3. The van der Waals surface area contributed by atoms with E-state index in [-0.39, 0.29) is 41.5 Å². The zero-order valence-corrected chi connectivity index (χ0v) is 17.3. The summed E-state index contributed by atoms with van der Waals surface area (Å²) < 4.78 is 0. The average Bonchev–Trinajstić information content (AvgIpc) is 3.16. The van der Waals surface area contributed by atoms with Crippen molar-refractivity contribution < 1.29 is 14.7 Å². The smallest absolute Gasteiger partial charge is 0.239 e. The molecule has 7 heteroatoms. The van der Waals surface area contributed by atoms with Crippen molar-refractivity contribution in [3.8, 4) is 0 Å². The Balaban J connectivity index is 1.60. The number of rotatable bonds is 4. The number of likely N-dealkylation sites (tertiary alicyclic amines) is 2. The number of nitrogens with one attached hydrogen (secondary N) is 1. The largest absolute Gasteiger partial charge is 0.391 e. The van der Waals surface area contributed by atoms with Gasteiger partial charge in [-0.1, -0.05) is 20.8 Å². The van der Waals surface area contributed by atoms with Crippen molar-refractivity contribution in [2.45, 2.75) is 70.7 Å². The summed E-state index contributed by atoms with van der Waals surface area (Å²) in [5.74, 6) is 0.248. The van der Waals surface area contributed by atoms with E-state index in [9.17, 15) is 14.7 Å². The van der Waals surface area contributed by atoms with Gasteiger partial charge >= 0.3 is 0 Å². The lowest BCUT2D eigenvalue weighted by Crippen LogP contribution is -2.51. The quantitative estimate of drug-likeness (QED) is 0.733. The number of fused-ring (bicyclic) bond motifs is 1. The van der Waals surface area contributed by atoms with Gasteiger partial charge in [-0.05, 0) is 31.7 Å². The molecule has 3 aliphatic heterocycles. The highest BCUT2D eigenvalue weighted by atomic mass is 16.3. The number of amides is 2. The van der Waals surface area contributed by atoms with E-state index in [2.05, 4.69) is 42.9 Å². The van der Waals surface area contributed by atoms with E-state index in [4.69, 9.17) is 0 Å². The monoisotopic (exact) mass is 380 g/mol. The number of aliphatic hydroxyl groups excluding tert-OH is 1. The zero-order valence-electron chi connectivity index (χ0n) is 17.3. The summed E-state index contributed by atoms with van der Waals surface area (Å²) in [6.45, 7) is 10.2. The Hall–Kier alpha value is -1.18. The molecule has 0 aromatic rings. The van der Waals surface area contributed by atoms with Crippen molar-refractivity contribution in [3.63, 3.8) is 0 Å². The van der Waals surface area contributed by atoms with Crippen molar-refractivity contribution in [3.05, 3.63) is 0 Å². The summed E-state index contributed by atoms with van der Waals surface area (Å²) in [5.41, 5.74) is 0.159. The molecule has 3 fully saturated rings. The minimum atomic E-state index is -0.373. The van der Waals surface area contributed by atoms with Gasteiger partial charge in [-0.3, -0.25) is 19.4 Å².